The van der Waals surface area contributed by atoms with E-state index in [1.807, 2.05) is 30.3 Å². The molecule has 0 unspecified atom stereocenters. The van der Waals surface area contributed by atoms with Crippen molar-refractivity contribution in [1.82, 2.24) is 15.2 Å². The number of hydrogen-bond acceptors (Lipinski definition) is 4. The predicted molar refractivity (Wildman–Crippen MR) is 117 cm³/mol. The van der Waals surface area contributed by atoms with Gasteiger partial charge in [-0.15, -0.1) is 0 Å². The first-order valence-electron chi connectivity index (χ1n) is 10.4. The second kappa shape index (κ2) is 8.99. The summed E-state index contributed by atoms with van der Waals surface area (Å²) in [5.41, 5.74) is 2.22. The number of rotatable bonds is 6. The van der Waals surface area contributed by atoms with Crippen LogP contribution >= 0.6 is 0 Å². The van der Waals surface area contributed by atoms with E-state index in [0.29, 0.717) is 55.2 Å². The largest absolute Gasteiger partial charge is 0.360 e. The van der Waals surface area contributed by atoms with E-state index in [0.717, 1.165) is 5.56 Å². The van der Waals surface area contributed by atoms with Crippen LogP contribution in [0.3, 0.4) is 0 Å². The van der Waals surface area contributed by atoms with Gasteiger partial charge in [0.25, 0.3) is 11.6 Å². The van der Waals surface area contributed by atoms with Gasteiger partial charge in [-0.3, -0.25) is 19.7 Å². The zero-order valence-corrected chi connectivity index (χ0v) is 17.0. The quantitative estimate of drug-likeness (QED) is 0.470. The maximum absolute atomic E-state index is 13.0. The van der Waals surface area contributed by atoms with E-state index in [2.05, 4.69) is 10.3 Å². The number of H-pyrrole nitrogens is 1. The molecule has 31 heavy (non-hydrogen) atoms. The van der Waals surface area contributed by atoms with Crippen LogP contribution in [0.2, 0.25) is 0 Å². The van der Waals surface area contributed by atoms with Gasteiger partial charge < -0.3 is 15.2 Å². The fourth-order valence-electron chi connectivity index (χ4n) is 4.00. The second-order valence-corrected chi connectivity index (χ2v) is 7.81. The van der Waals surface area contributed by atoms with Gasteiger partial charge in [-0.25, -0.2) is 0 Å². The molecule has 2 aromatic carbocycles. The maximum Gasteiger partial charge on any atom is 0.270 e. The van der Waals surface area contributed by atoms with Crippen LogP contribution in [-0.4, -0.2) is 45.8 Å². The molecule has 2 heterocycles. The van der Waals surface area contributed by atoms with Crippen molar-refractivity contribution >= 4 is 28.4 Å². The summed E-state index contributed by atoms with van der Waals surface area (Å²) in [4.78, 5) is 40.6. The van der Waals surface area contributed by atoms with E-state index in [9.17, 15) is 19.7 Å². The van der Waals surface area contributed by atoms with Crippen LogP contribution in [-0.2, 0) is 11.2 Å². The van der Waals surface area contributed by atoms with Crippen molar-refractivity contribution < 1.29 is 14.5 Å². The minimum absolute atomic E-state index is 0.0255. The number of fused-ring (bicyclic) bond motifs is 1. The summed E-state index contributed by atoms with van der Waals surface area (Å²) in [5.74, 6) is -0.127. The van der Waals surface area contributed by atoms with Gasteiger partial charge in [-0.1, -0.05) is 30.3 Å². The molecular weight excluding hydrogens is 396 g/mol. The summed E-state index contributed by atoms with van der Waals surface area (Å²) in [6.45, 7) is 1.06. The molecule has 2 N–H and O–H groups in total. The summed E-state index contributed by atoms with van der Waals surface area (Å²) < 4.78 is 0. The Labute approximate surface area is 179 Å². The molecule has 0 aliphatic carbocycles. The van der Waals surface area contributed by atoms with Crippen LogP contribution < -0.4 is 5.32 Å². The Morgan fingerprint density at radius 3 is 2.58 bits per heavy atom. The third kappa shape index (κ3) is 4.74. The van der Waals surface area contributed by atoms with Gasteiger partial charge in [-0.05, 0) is 30.9 Å². The number of piperidine rings is 1. The third-order valence-electron chi connectivity index (χ3n) is 5.74. The van der Waals surface area contributed by atoms with E-state index < -0.39 is 4.92 Å². The smallest absolute Gasteiger partial charge is 0.270 e. The van der Waals surface area contributed by atoms with E-state index >= 15 is 0 Å². The standard InChI is InChI=1S/C23H24N4O4/c28-22(9-6-16-4-2-1-3-5-16)25-17-10-12-26(13-11-17)23(29)20-15-24-21-8-7-18(27(30)31)14-19(20)21/h1-5,7-8,14-15,17,24H,6,9-13H2,(H,25,28). The molecule has 0 spiro atoms. The molecule has 4 rings (SSSR count). The number of nitro benzene ring substituents is 1. The molecule has 160 valence electrons. The minimum Gasteiger partial charge on any atom is -0.360 e. The molecule has 0 bridgehead atoms. The Morgan fingerprint density at radius 1 is 1.13 bits per heavy atom. The molecule has 8 heteroatoms. The van der Waals surface area contributed by atoms with Crippen LogP contribution in [0.1, 0.15) is 35.2 Å². The highest BCUT2D eigenvalue weighted by molar-refractivity contribution is 6.07. The first-order valence-corrected chi connectivity index (χ1v) is 10.4. The van der Waals surface area contributed by atoms with Crippen LogP contribution in [0.5, 0.6) is 0 Å². The summed E-state index contributed by atoms with van der Waals surface area (Å²) in [6, 6.07) is 14.4. The van der Waals surface area contributed by atoms with Crippen LogP contribution in [0.25, 0.3) is 10.9 Å². The van der Waals surface area contributed by atoms with Crippen LogP contribution in [0.4, 0.5) is 5.69 Å². The lowest BCUT2D eigenvalue weighted by atomic mass is 10.0. The number of non-ortho nitro benzene ring substituents is 1. The van der Waals surface area contributed by atoms with Crippen LogP contribution in [0, 0.1) is 10.1 Å². The SMILES string of the molecule is O=C(CCc1ccccc1)NC1CCN(C(=O)c2c[nH]c3ccc([N+](=O)[O-])cc23)CC1. The molecule has 0 radical (unpaired) electrons. The molecule has 1 saturated heterocycles. The topological polar surface area (TPSA) is 108 Å². The van der Waals surface area contributed by atoms with Gasteiger partial charge in [0.15, 0.2) is 0 Å². The molecule has 3 aromatic rings. The molecule has 1 aliphatic rings. The Balaban J connectivity index is 1.32. The number of nitro groups is 1. The average molecular weight is 420 g/mol. The third-order valence-corrected chi connectivity index (χ3v) is 5.74. The number of likely N-dealkylation sites (tertiary alicyclic amines) is 1. The predicted octanol–water partition coefficient (Wildman–Crippen LogP) is 3.43. The first kappa shape index (κ1) is 20.6. The first-order chi connectivity index (χ1) is 15.0. The number of aryl methyl sites for hydroxylation is 1. The van der Waals surface area contributed by atoms with Crippen LogP contribution in [0.15, 0.2) is 54.7 Å². The van der Waals surface area contributed by atoms with Crippen molar-refractivity contribution in [2.24, 2.45) is 0 Å². The summed E-state index contributed by atoms with van der Waals surface area (Å²) in [6.07, 6.45) is 4.12. The molecule has 8 nitrogen and oxygen atoms in total. The number of amides is 2. The van der Waals surface area contributed by atoms with Crippen molar-refractivity contribution in [3.05, 3.63) is 76.0 Å². The average Bonchev–Trinajstić information content (AvgIpc) is 3.21. The lowest BCUT2D eigenvalue weighted by Crippen LogP contribution is -2.46. The van der Waals surface area contributed by atoms with Gasteiger partial charge in [-0.2, -0.15) is 0 Å². The summed E-state index contributed by atoms with van der Waals surface area (Å²) in [7, 11) is 0. The van der Waals surface area contributed by atoms with Gasteiger partial charge >= 0.3 is 0 Å². The number of aromatic amines is 1. The zero-order chi connectivity index (χ0) is 21.8. The minimum atomic E-state index is -0.466. The highest BCUT2D eigenvalue weighted by Gasteiger charge is 2.26. The number of hydrogen-bond donors (Lipinski definition) is 2. The fraction of sp³-hybridized carbons (Fsp3) is 0.304. The highest BCUT2D eigenvalue weighted by Crippen LogP contribution is 2.25. The van der Waals surface area contributed by atoms with Gasteiger partial charge in [0.2, 0.25) is 5.91 Å². The zero-order valence-electron chi connectivity index (χ0n) is 17.0. The van der Waals surface area contributed by atoms with Gasteiger partial charge in [0.05, 0.1) is 10.5 Å². The number of benzene rings is 2. The lowest BCUT2D eigenvalue weighted by molar-refractivity contribution is -0.384. The number of aromatic nitrogens is 1. The van der Waals surface area contributed by atoms with E-state index in [-0.39, 0.29) is 23.5 Å². The lowest BCUT2D eigenvalue weighted by Gasteiger charge is -2.32. The number of nitrogens with one attached hydrogen (secondary N) is 2. The normalized spacial score (nSPS) is 14.5. The second-order valence-electron chi connectivity index (χ2n) is 7.81. The van der Waals surface area contributed by atoms with Crippen molar-refractivity contribution in [2.45, 2.75) is 31.7 Å². The summed E-state index contributed by atoms with van der Waals surface area (Å²) in [5, 5.41) is 14.7. The summed E-state index contributed by atoms with van der Waals surface area (Å²) >= 11 is 0. The highest BCUT2D eigenvalue weighted by atomic mass is 16.6. The monoisotopic (exact) mass is 420 g/mol. The molecule has 0 atom stereocenters. The molecule has 2 amide bonds. The van der Waals surface area contributed by atoms with Gasteiger partial charge in [0, 0.05) is 54.8 Å². The molecule has 1 fully saturated rings. The molecule has 0 saturated carbocycles. The molecule has 1 aromatic heterocycles. The fourth-order valence-corrected chi connectivity index (χ4v) is 4.00. The Bertz CT molecular complexity index is 1100. The van der Waals surface area contributed by atoms with E-state index in [1.165, 1.54) is 12.1 Å². The number of carbonyl (C=O) groups excluding carboxylic acids is 2. The van der Waals surface area contributed by atoms with Crippen molar-refractivity contribution in [1.29, 1.82) is 0 Å². The number of nitrogens with zero attached hydrogens (tertiary/aromatic N) is 2. The van der Waals surface area contributed by atoms with Crippen molar-refractivity contribution in [3.63, 3.8) is 0 Å². The Hall–Kier alpha value is -3.68. The number of carbonyl (C=O) groups is 2. The van der Waals surface area contributed by atoms with Crippen molar-refractivity contribution in [3.8, 4) is 0 Å². The van der Waals surface area contributed by atoms with Gasteiger partial charge in [0.1, 0.15) is 0 Å². The van der Waals surface area contributed by atoms with Crippen molar-refractivity contribution in [2.75, 3.05) is 13.1 Å². The maximum atomic E-state index is 13.0. The van der Waals surface area contributed by atoms with E-state index in [4.69, 9.17) is 0 Å². The Morgan fingerprint density at radius 2 is 1.87 bits per heavy atom. The molecule has 1 aliphatic heterocycles. The Kier molecular flexibility index (Phi) is 5.97. The van der Waals surface area contributed by atoms with E-state index in [1.54, 1.807) is 17.2 Å². The molecular formula is C23H24N4O4.